The quantitative estimate of drug-likeness (QED) is 0.822. The number of nitrogens with zero attached hydrogens (tertiary/aromatic N) is 5. The summed E-state index contributed by atoms with van der Waals surface area (Å²) in [5.74, 6) is 0.716. The van der Waals surface area contributed by atoms with Gasteiger partial charge >= 0.3 is 5.69 Å². The van der Waals surface area contributed by atoms with Crippen molar-refractivity contribution in [2.24, 2.45) is 7.05 Å². The van der Waals surface area contributed by atoms with Crippen LogP contribution in [0.5, 0.6) is 0 Å². The molecule has 0 aliphatic carbocycles. The van der Waals surface area contributed by atoms with Gasteiger partial charge in [-0.15, -0.1) is 10.2 Å². The van der Waals surface area contributed by atoms with E-state index in [0.29, 0.717) is 18.1 Å². The fourth-order valence-electron chi connectivity index (χ4n) is 1.55. The van der Waals surface area contributed by atoms with E-state index in [9.17, 15) is 4.79 Å². The molecule has 2 aromatic rings. The zero-order valence-corrected chi connectivity index (χ0v) is 11.4. The minimum atomic E-state index is -0.272. The molecule has 90 valence electrons. The van der Waals surface area contributed by atoms with Crippen molar-refractivity contribution in [1.82, 2.24) is 24.3 Å². The fraction of sp³-hybridized carbons (Fsp3) is 0.400. The van der Waals surface area contributed by atoms with Crippen LogP contribution in [0.3, 0.4) is 0 Å². The Hall–Kier alpha value is -1.50. The smallest absolute Gasteiger partial charge is 0.319 e. The highest BCUT2D eigenvalue weighted by Gasteiger charge is 2.11. The van der Waals surface area contributed by atoms with E-state index in [0.717, 1.165) is 10.2 Å². The highest BCUT2D eigenvalue weighted by Crippen LogP contribution is 2.16. The second-order valence-electron chi connectivity index (χ2n) is 3.82. The second-order valence-corrected chi connectivity index (χ2v) is 4.62. The molecule has 0 bridgehead atoms. The molecule has 0 N–H and O–H groups in total. The lowest BCUT2D eigenvalue weighted by atomic mass is 10.3. The predicted molar refractivity (Wildman–Crippen MR) is 65.8 cm³/mol. The number of hydrogen-bond acceptors (Lipinski definition) is 4. The molecular formula is C10H12BrN5O. The molecule has 0 unspecified atom stereocenters. The zero-order valence-electron chi connectivity index (χ0n) is 9.81. The molecule has 0 aliphatic rings. The van der Waals surface area contributed by atoms with E-state index in [1.54, 1.807) is 22.4 Å². The lowest BCUT2D eigenvalue weighted by Gasteiger charge is -2.11. The molecule has 0 saturated heterocycles. The first-order valence-electron chi connectivity index (χ1n) is 5.07. The molecule has 7 heteroatoms. The second kappa shape index (κ2) is 4.40. The Morgan fingerprint density at radius 2 is 2.12 bits per heavy atom. The average Bonchev–Trinajstić information content (AvgIpc) is 2.67. The third kappa shape index (κ3) is 2.14. The normalized spacial score (nSPS) is 10.8. The van der Waals surface area contributed by atoms with Gasteiger partial charge in [-0.3, -0.25) is 4.57 Å². The number of hydrogen-bond donors (Lipinski definition) is 0. The molecule has 0 spiro atoms. The lowest BCUT2D eigenvalue weighted by Crippen LogP contribution is -2.27. The Labute approximate surface area is 106 Å². The third-order valence-corrected chi connectivity index (χ3v) is 3.79. The highest BCUT2D eigenvalue weighted by molar-refractivity contribution is 9.10. The molecule has 0 fully saturated rings. The van der Waals surface area contributed by atoms with E-state index in [-0.39, 0.29) is 5.69 Å². The van der Waals surface area contributed by atoms with Crippen LogP contribution < -0.4 is 5.69 Å². The van der Waals surface area contributed by atoms with Crippen molar-refractivity contribution in [2.45, 2.75) is 20.4 Å². The highest BCUT2D eigenvalue weighted by atomic mass is 79.9. The molecule has 0 aromatic carbocycles. The Morgan fingerprint density at radius 1 is 1.41 bits per heavy atom. The Balaban J connectivity index is 2.51. The first-order valence-corrected chi connectivity index (χ1v) is 5.86. The van der Waals surface area contributed by atoms with Crippen LogP contribution >= 0.6 is 15.9 Å². The van der Waals surface area contributed by atoms with Crippen LogP contribution in [0.2, 0.25) is 0 Å². The van der Waals surface area contributed by atoms with Crippen LogP contribution in [-0.2, 0) is 13.6 Å². The van der Waals surface area contributed by atoms with Crippen molar-refractivity contribution >= 4 is 15.9 Å². The molecule has 2 aromatic heterocycles. The summed E-state index contributed by atoms with van der Waals surface area (Å²) in [6.45, 7) is 4.04. The van der Waals surface area contributed by atoms with Gasteiger partial charge < -0.3 is 4.57 Å². The summed E-state index contributed by atoms with van der Waals surface area (Å²) in [6.07, 6.45) is 1.60. The van der Waals surface area contributed by atoms with Crippen molar-refractivity contribution in [1.29, 1.82) is 0 Å². The molecule has 0 saturated carbocycles. The number of halogens is 1. The maximum Gasteiger partial charge on any atom is 0.348 e. The molecule has 0 atom stereocenters. The Bertz CT molecular complexity index is 616. The average molecular weight is 298 g/mol. The van der Waals surface area contributed by atoms with Gasteiger partial charge in [-0.25, -0.2) is 4.79 Å². The van der Waals surface area contributed by atoms with Gasteiger partial charge in [0.15, 0.2) is 5.82 Å². The lowest BCUT2D eigenvalue weighted by molar-refractivity contribution is 0.635. The van der Waals surface area contributed by atoms with Gasteiger partial charge in [-0.2, -0.15) is 4.98 Å². The van der Waals surface area contributed by atoms with Crippen LogP contribution in [0.25, 0.3) is 0 Å². The zero-order chi connectivity index (χ0) is 12.6. The maximum absolute atomic E-state index is 11.8. The van der Waals surface area contributed by atoms with Crippen LogP contribution in [0.1, 0.15) is 17.2 Å². The van der Waals surface area contributed by atoms with Crippen molar-refractivity contribution in [3.05, 3.63) is 38.5 Å². The summed E-state index contributed by atoms with van der Waals surface area (Å²) in [4.78, 5) is 15.8. The number of rotatable bonds is 2. The van der Waals surface area contributed by atoms with E-state index in [4.69, 9.17) is 0 Å². The minimum Gasteiger partial charge on any atom is -0.319 e. The standard InChI is InChI=1S/C10H12BrN5O/c1-6-9(11)7(2)16(10(17)13-6)4-8-14-12-5-15(8)3/h5H,4H2,1-3H3. The van der Waals surface area contributed by atoms with Crippen LogP contribution in [0, 0.1) is 13.8 Å². The SMILES string of the molecule is Cc1nc(=O)n(Cc2nncn2C)c(C)c1Br. The first-order chi connectivity index (χ1) is 8.00. The predicted octanol–water partition coefficient (Wildman–Crippen LogP) is 0.799. The summed E-state index contributed by atoms with van der Waals surface area (Å²) in [5.41, 5.74) is 1.26. The molecule has 0 radical (unpaired) electrons. The van der Waals surface area contributed by atoms with Crippen LogP contribution in [0.4, 0.5) is 0 Å². The van der Waals surface area contributed by atoms with Crippen LogP contribution in [0.15, 0.2) is 15.6 Å². The number of aromatic nitrogens is 5. The largest absolute Gasteiger partial charge is 0.348 e. The van der Waals surface area contributed by atoms with E-state index < -0.39 is 0 Å². The van der Waals surface area contributed by atoms with E-state index >= 15 is 0 Å². The molecule has 2 heterocycles. The van der Waals surface area contributed by atoms with Crippen molar-refractivity contribution in [2.75, 3.05) is 0 Å². The van der Waals surface area contributed by atoms with Gasteiger partial charge in [0.05, 0.1) is 16.7 Å². The van der Waals surface area contributed by atoms with Gasteiger partial charge in [-0.1, -0.05) is 0 Å². The van der Waals surface area contributed by atoms with Gasteiger partial charge in [0, 0.05) is 12.7 Å². The molecule has 17 heavy (non-hydrogen) atoms. The molecule has 2 rings (SSSR count). The molecule has 0 amide bonds. The summed E-state index contributed by atoms with van der Waals surface area (Å²) in [7, 11) is 1.84. The van der Waals surface area contributed by atoms with Gasteiger partial charge in [0.25, 0.3) is 0 Å². The van der Waals surface area contributed by atoms with E-state index in [2.05, 4.69) is 31.1 Å². The van der Waals surface area contributed by atoms with Gasteiger partial charge in [0.1, 0.15) is 6.33 Å². The monoisotopic (exact) mass is 297 g/mol. The Kier molecular flexibility index (Phi) is 3.10. The maximum atomic E-state index is 11.8. The molecule has 0 aliphatic heterocycles. The summed E-state index contributed by atoms with van der Waals surface area (Å²) in [6, 6.07) is 0. The third-order valence-electron chi connectivity index (χ3n) is 2.64. The van der Waals surface area contributed by atoms with E-state index in [1.807, 2.05) is 14.0 Å². The minimum absolute atomic E-state index is 0.272. The topological polar surface area (TPSA) is 65.6 Å². The first kappa shape index (κ1) is 12.0. The van der Waals surface area contributed by atoms with Crippen molar-refractivity contribution in [3.63, 3.8) is 0 Å². The number of aryl methyl sites for hydroxylation is 2. The molecular weight excluding hydrogens is 286 g/mol. The van der Waals surface area contributed by atoms with E-state index in [1.165, 1.54) is 0 Å². The van der Waals surface area contributed by atoms with Crippen LogP contribution in [-0.4, -0.2) is 24.3 Å². The summed E-state index contributed by atoms with van der Waals surface area (Å²) >= 11 is 3.42. The van der Waals surface area contributed by atoms with Crippen molar-refractivity contribution < 1.29 is 0 Å². The Morgan fingerprint density at radius 3 is 2.71 bits per heavy atom. The molecule has 6 nitrogen and oxygen atoms in total. The van der Waals surface area contributed by atoms with Gasteiger partial charge in [0.2, 0.25) is 0 Å². The summed E-state index contributed by atoms with van der Waals surface area (Å²) in [5, 5.41) is 7.74. The summed E-state index contributed by atoms with van der Waals surface area (Å²) < 4.78 is 4.19. The van der Waals surface area contributed by atoms with Gasteiger partial charge in [-0.05, 0) is 29.8 Å². The van der Waals surface area contributed by atoms with Crippen molar-refractivity contribution in [3.8, 4) is 0 Å². The fourth-order valence-corrected chi connectivity index (χ4v) is 1.86.